The van der Waals surface area contributed by atoms with Crippen molar-refractivity contribution in [3.63, 3.8) is 0 Å². The highest BCUT2D eigenvalue weighted by Gasteiger charge is 2.33. The summed E-state index contributed by atoms with van der Waals surface area (Å²) in [6, 6.07) is 0. The molecule has 0 saturated heterocycles. The standard InChI is InChI=1S/C20H34O4/c1-2-3-6-9-17(21)14-12-16-13-15-19(22)18(16)10-7-4-5-8-11-20(23)24/h16,18H,2-15H2,1H3,(H,23,24)/t16-,18+/m0/s1. The highest BCUT2D eigenvalue weighted by atomic mass is 16.4. The van der Waals surface area contributed by atoms with Gasteiger partial charge in [0.05, 0.1) is 0 Å². The maximum Gasteiger partial charge on any atom is 0.303 e. The third kappa shape index (κ3) is 8.60. The molecular formula is C20H34O4. The predicted octanol–water partition coefficient (Wildman–Crippen LogP) is 4.94. The number of Topliss-reactive ketones (excluding diaryl/α,β-unsaturated/α-hetero) is 2. The van der Waals surface area contributed by atoms with E-state index in [1.807, 2.05) is 0 Å². The summed E-state index contributed by atoms with van der Waals surface area (Å²) >= 11 is 0. The van der Waals surface area contributed by atoms with Crippen molar-refractivity contribution in [1.29, 1.82) is 0 Å². The Morgan fingerprint density at radius 2 is 1.67 bits per heavy atom. The highest BCUT2D eigenvalue weighted by Crippen LogP contribution is 2.36. The van der Waals surface area contributed by atoms with Crippen molar-refractivity contribution in [2.45, 2.75) is 96.8 Å². The number of carboxylic acids is 1. The molecule has 1 N–H and O–H groups in total. The molecule has 0 spiro atoms. The van der Waals surface area contributed by atoms with Gasteiger partial charge in [-0.2, -0.15) is 0 Å². The van der Waals surface area contributed by atoms with E-state index in [9.17, 15) is 14.4 Å². The molecule has 4 nitrogen and oxygen atoms in total. The molecule has 0 bridgehead atoms. The Morgan fingerprint density at radius 3 is 2.38 bits per heavy atom. The van der Waals surface area contributed by atoms with Crippen LogP contribution < -0.4 is 0 Å². The van der Waals surface area contributed by atoms with Gasteiger partial charge in [-0.05, 0) is 38.0 Å². The molecule has 1 aliphatic carbocycles. The molecule has 24 heavy (non-hydrogen) atoms. The van der Waals surface area contributed by atoms with E-state index in [0.717, 1.165) is 64.2 Å². The number of carboxylic acid groups (broad SMARTS) is 1. The summed E-state index contributed by atoms with van der Waals surface area (Å²) in [5.41, 5.74) is 0. The largest absolute Gasteiger partial charge is 0.481 e. The first-order valence-electron chi connectivity index (χ1n) is 9.80. The molecule has 1 aliphatic rings. The van der Waals surface area contributed by atoms with Gasteiger partial charge in [-0.1, -0.05) is 39.0 Å². The number of aliphatic carboxylic acids is 1. The minimum Gasteiger partial charge on any atom is -0.481 e. The summed E-state index contributed by atoms with van der Waals surface area (Å²) in [5, 5.41) is 8.61. The normalized spacial score (nSPS) is 20.5. The van der Waals surface area contributed by atoms with Gasteiger partial charge in [0.1, 0.15) is 11.6 Å². The van der Waals surface area contributed by atoms with Gasteiger partial charge in [-0.15, -0.1) is 0 Å². The summed E-state index contributed by atoms with van der Waals surface area (Å²) in [7, 11) is 0. The molecule has 0 aliphatic heterocycles. The molecule has 0 radical (unpaired) electrons. The lowest BCUT2D eigenvalue weighted by Crippen LogP contribution is -2.16. The van der Waals surface area contributed by atoms with Crippen LogP contribution in [0.5, 0.6) is 0 Å². The first-order valence-corrected chi connectivity index (χ1v) is 9.80. The average Bonchev–Trinajstić information content (AvgIpc) is 2.89. The Morgan fingerprint density at radius 1 is 0.958 bits per heavy atom. The zero-order chi connectivity index (χ0) is 17.8. The number of ketones is 2. The summed E-state index contributed by atoms with van der Waals surface area (Å²) in [6.07, 6.45) is 11.9. The molecule has 0 unspecified atom stereocenters. The van der Waals surface area contributed by atoms with Crippen LogP contribution in [0.1, 0.15) is 96.8 Å². The van der Waals surface area contributed by atoms with Gasteiger partial charge in [0.15, 0.2) is 0 Å². The van der Waals surface area contributed by atoms with Gasteiger partial charge in [-0.3, -0.25) is 14.4 Å². The lowest BCUT2D eigenvalue weighted by atomic mass is 9.86. The van der Waals surface area contributed by atoms with Crippen molar-refractivity contribution < 1.29 is 19.5 Å². The molecule has 4 heteroatoms. The van der Waals surface area contributed by atoms with Crippen LogP contribution in [-0.2, 0) is 14.4 Å². The fraction of sp³-hybridized carbons (Fsp3) is 0.850. The van der Waals surface area contributed by atoms with Gasteiger partial charge < -0.3 is 5.11 Å². The molecule has 0 amide bonds. The van der Waals surface area contributed by atoms with E-state index < -0.39 is 5.97 Å². The molecule has 1 fully saturated rings. The Hall–Kier alpha value is -1.19. The van der Waals surface area contributed by atoms with Gasteiger partial charge in [0.25, 0.3) is 0 Å². The van der Waals surface area contributed by atoms with E-state index in [2.05, 4.69) is 6.92 Å². The van der Waals surface area contributed by atoms with Crippen molar-refractivity contribution in [3.8, 4) is 0 Å². The maximum atomic E-state index is 12.1. The second-order valence-corrected chi connectivity index (χ2v) is 7.25. The maximum absolute atomic E-state index is 12.1. The molecule has 2 atom stereocenters. The number of carbonyl (C=O) groups excluding carboxylic acids is 2. The average molecular weight is 338 g/mol. The Bertz CT molecular complexity index is 402. The second-order valence-electron chi connectivity index (χ2n) is 7.25. The minimum atomic E-state index is -0.732. The van der Waals surface area contributed by atoms with Crippen LogP contribution in [0, 0.1) is 11.8 Å². The van der Waals surface area contributed by atoms with Crippen molar-refractivity contribution in [2.75, 3.05) is 0 Å². The number of hydrogen-bond acceptors (Lipinski definition) is 3. The van der Waals surface area contributed by atoms with Crippen LogP contribution in [-0.4, -0.2) is 22.6 Å². The SMILES string of the molecule is CCCCCC(=O)CC[C@H]1CCC(=O)[C@@H]1CCCCCCC(=O)O. The van der Waals surface area contributed by atoms with Gasteiger partial charge in [-0.25, -0.2) is 0 Å². The van der Waals surface area contributed by atoms with Crippen molar-refractivity contribution in [1.82, 2.24) is 0 Å². The lowest BCUT2D eigenvalue weighted by molar-refractivity contribution is -0.137. The Labute approximate surface area is 146 Å². The third-order valence-electron chi connectivity index (χ3n) is 5.25. The smallest absolute Gasteiger partial charge is 0.303 e. The molecule has 0 aromatic carbocycles. The van der Waals surface area contributed by atoms with E-state index in [0.29, 0.717) is 36.7 Å². The fourth-order valence-electron chi connectivity index (χ4n) is 3.76. The minimum absolute atomic E-state index is 0.146. The van der Waals surface area contributed by atoms with Crippen LogP contribution >= 0.6 is 0 Å². The van der Waals surface area contributed by atoms with Gasteiger partial charge >= 0.3 is 5.97 Å². The zero-order valence-corrected chi connectivity index (χ0v) is 15.2. The van der Waals surface area contributed by atoms with Crippen LogP contribution in [0.15, 0.2) is 0 Å². The molecule has 1 rings (SSSR count). The summed E-state index contributed by atoms with van der Waals surface area (Å²) < 4.78 is 0. The van der Waals surface area contributed by atoms with Crippen LogP contribution in [0.2, 0.25) is 0 Å². The fourth-order valence-corrected chi connectivity index (χ4v) is 3.76. The highest BCUT2D eigenvalue weighted by molar-refractivity contribution is 5.83. The van der Waals surface area contributed by atoms with E-state index >= 15 is 0 Å². The van der Waals surface area contributed by atoms with Crippen LogP contribution in [0.3, 0.4) is 0 Å². The number of carbonyl (C=O) groups is 3. The van der Waals surface area contributed by atoms with E-state index in [1.54, 1.807) is 0 Å². The van der Waals surface area contributed by atoms with Crippen molar-refractivity contribution in [2.24, 2.45) is 11.8 Å². The van der Waals surface area contributed by atoms with E-state index in [4.69, 9.17) is 5.11 Å². The van der Waals surface area contributed by atoms with Crippen LogP contribution in [0.4, 0.5) is 0 Å². The summed E-state index contributed by atoms with van der Waals surface area (Å²) in [5.74, 6) is 0.545. The molecule has 0 aromatic rings. The van der Waals surface area contributed by atoms with Gasteiger partial charge in [0, 0.05) is 31.6 Å². The first-order chi connectivity index (χ1) is 11.5. The Balaban J connectivity index is 2.20. The van der Waals surface area contributed by atoms with E-state index in [-0.39, 0.29) is 12.3 Å². The first kappa shape index (κ1) is 20.9. The molecular weight excluding hydrogens is 304 g/mol. The number of hydrogen-bond donors (Lipinski definition) is 1. The van der Waals surface area contributed by atoms with E-state index in [1.165, 1.54) is 0 Å². The molecule has 0 heterocycles. The molecule has 138 valence electrons. The number of unbranched alkanes of at least 4 members (excludes halogenated alkanes) is 5. The predicted molar refractivity (Wildman–Crippen MR) is 94.9 cm³/mol. The monoisotopic (exact) mass is 338 g/mol. The quantitative estimate of drug-likeness (QED) is 0.455. The third-order valence-corrected chi connectivity index (χ3v) is 5.25. The van der Waals surface area contributed by atoms with Crippen molar-refractivity contribution >= 4 is 17.5 Å². The lowest BCUT2D eigenvalue weighted by Gasteiger charge is -2.18. The number of rotatable bonds is 14. The molecule has 1 saturated carbocycles. The Kier molecular flexibility index (Phi) is 10.6. The summed E-state index contributed by atoms with van der Waals surface area (Å²) in [4.78, 5) is 34.5. The summed E-state index contributed by atoms with van der Waals surface area (Å²) in [6.45, 7) is 2.14. The topological polar surface area (TPSA) is 71.4 Å². The van der Waals surface area contributed by atoms with Crippen molar-refractivity contribution in [3.05, 3.63) is 0 Å². The van der Waals surface area contributed by atoms with Gasteiger partial charge in [0.2, 0.25) is 0 Å². The second kappa shape index (κ2) is 12.2. The zero-order valence-electron chi connectivity index (χ0n) is 15.2. The van der Waals surface area contributed by atoms with Crippen LogP contribution in [0.25, 0.3) is 0 Å². The molecule has 0 aromatic heterocycles.